The van der Waals surface area contributed by atoms with Crippen molar-refractivity contribution in [3.63, 3.8) is 0 Å². The molecule has 1 saturated heterocycles. The molecular formula is C21H19ClN2O4S. The number of hydrogen-bond acceptors (Lipinski definition) is 6. The van der Waals surface area contributed by atoms with Crippen molar-refractivity contribution < 1.29 is 13.9 Å². The van der Waals surface area contributed by atoms with Crippen LogP contribution in [0.5, 0.6) is 0 Å². The van der Waals surface area contributed by atoms with Gasteiger partial charge in [0, 0.05) is 36.1 Å². The highest BCUT2D eigenvalue weighted by Crippen LogP contribution is 2.39. The summed E-state index contributed by atoms with van der Waals surface area (Å²) in [4.78, 5) is 31.6. The average Bonchev–Trinajstić information content (AvgIpc) is 3.35. The Balaban J connectivity index is 1.58. The Kier molecular flexibility index (Phi) is 4.91. The van der Waals surface area contributed by atoms with Crippen LogP contribution in [0.1, 0.15) is 27.0 Å². The van der Waals surface area contributed by atoms with Gasteiger partial charge in [-0.1, -0.05) is 17.7 Å². The van der Waals surface area contributed by atoms with Crippen molar-refractivity contribution in [2.24, 2.45) is 0 Å². The van der Waals surface area contributed by atoms with Crippen LogP contribution in [0.3, 0.4) is 0 Å². The number of thiophene rings is 1. The van der Waals surface area contributed by atoms with Crippen molar-refractivity contribution >= 4 is 39.8 Å². The van der Waals surface area contributed by atoms with Crippen LogP contribution in [-0.2, 0) is 4.74 Å². The first kappa shape index (κ1) is 18.8. The number of morpholine rings is 1. The zero-order valence-electron chi connectivity index (χ0n) is 15.6. The van der Waals surface area contributed by atoms with Crippen LogP contribution in [0.4, 0.5) is 0 Å². The van der Waals surface area contributed by atoms with Gasteiger partial charge >= 0.3 is 0 Å². The van der Waals surface area contributed by atoms with Gasteiger partial charge in [-0.15, -0.1) is 11.3 Å². The Morgan fingerprint density at radius 3 is 2.72 bits per heavy atom. The number of carbonyl (C=O) groups excluding carboxylic acids is 1. The minimum atomic E-state index is -0.432. The Morgan fingerprint density at radius 1 is 1.14 bits per heavy atom. The summed E-state index contributed by atoms with van der Waals surface area (Å²) in [5.74, 6) is -0.0918. The van der Waals surface area contributed by atoms with Crippen molar-refractivity contribution in [3.05, 3.63) is 67.2 Å². The summed E-state index contributed by atoms with van der Waals surface area (Å²) in [6, 6.07) is 8.37. The van der Waals surface area contributed by atoms with E-state index in [0.717, 1.165) is 24.5 Å². The molecule has 8 heteroatoms. The molecule has 2 aromatic heterocycles. The maximum atomic E-state index is 13.4. The minimum Gasteiger partial charge on any atom is -0.450 e. The number of ether oxygens (including phenoxy) is 1. The van der Waals surface area contributed by atoms with Crippen LogP contribution >= 0.6 is 22.9 Å². The predicted octanol–water partition coefficient (Wildman–Crippen LogP) is 3.39. The average molecular weight is 431 g/mol. The van der Waals surface area contributed by atoms with E-state index in [1.54, 1.807) is 23.1 Å². The van der Waals surface area contributed by atoms with Gasteiger partial charge in [-0.05, 0) is 29.6 Å². The zero-order chi connectivity index (χ0) is 20.0. The van der Waals surface area contributed by atoms with Gasteiger partial charge in [0.15, 0.2) is 5.43 Å². The molecule has 2 aliphatic rings. The quantitative estimate of drug-likeness (QED) is 0.635. The molecule has 1 unspecified atom stereocenters. The van der Waals surface area contributed by atoms with E-state index < -0.39 is 6.04 Å². The maximum absolute atomic E-state index is 13.4. The van der Waals surface area contributed by atoms with Crippen LogP contribution in [0.25, 0.3) is 11.0 Å². The van der Waals surface area contributed by atoms with Crippen LogP contribution < -0.4 is 5.43 Å². The normalized spacial score (nSPS) is 19.8. The lowest BCUT2D eigenvalue weighted by molar-refractivity contribution is 0.0315. The fourth-order valence-corrected chi connectivity index (χ4v) is 5.06. The maximum Gasteiger partial charge on any atom is 0.290 e. The van der Waals surface area contributed by atoms with Gasteiger partial charge in [0.1, 0.15) is 5.58 Å². The summed E-state index contributed by atoms with van der Waals surface area (Å²) in [5.41, 5.74) is 0.602. The highest BCUT2D eigenvalue weighted by Gasteiger charge is 2.43. The molecule has 29 heavy (non-hydrogen) atoms. The summed E-state index contributed by atoms with van der Waals surface area (Å²) in [6.07, 6.45) is 0. The second-order valence-corrected chi connectivity index (χ2v) is 8.60. The van der Waals surface area contributed by atoms with Crippen molar-refractivity contribution in [2.75, 3.05) is 39.4 Å². The first-order valence-electron chi connectivity index (χ1n) is 9.54. The molecule has 1 aromatic carbocycles. The molecule has 4 heterocycles. The Labute approximate surface area is 176 Å². The SMILES string of the molecule is O=C1c2oc3ccc(Cl)cc3c(=O)c2C(c2cccs2)N1CCN1CCOCC1. The monoisotopic (exact) mass is 430 g/mol. The molecule has 6 nitrogen and oxygen atoms in total. The van der Waals surface area contributed by atoms with E-state index in [1.165, 1.54) is 11.3 Å². The molecule has 0 N–H and O–H groups in total. The lowest BCUT2D eigenvalue weighted by Gasteiger charge is -2.30. The number of fused-ring (bicyclic) bond motifs is 2. The van der Waals surface area contributed by atoms with E-state index >= 15 is 0 Å². The van der Waals surface area contributed by atoms with E-state index in [4.69, 9.17) is 20.8 Å². The van der Waals surface area contributed by atoms with Gasteiger partial charge in [-0.2, -0.15) is 0 Å². The van der Waals surface area contributed by atoms with Gasteiger partial charge in [0.25, 0.3) is 5.91 Å². The van der Waals surface area contributed by atoms with E-state index in [9.17, 15) is 9.59 Å². The molecule has 0 bridgehead atoms. The summed E-state index contributed by atoms with van der Waals surface area (Å²) in [5, 5.41) is 2.82. The van der Waals surface area contributed by atoms with Crippen molar-refractivity contribution in [1.29, 1.82) is 0 Å². The molecular weight excluding hydrogens is 412 g/mol. The van der Waals surface area contributed by atoms with Crippen molar-refractivity contribution in [3.8, 4) is 0 Å². The molecule has 1 amide bonds. The summed E-state index contributed by atoms with van der Waals surface area (Å²) >= 11 is 7.63. The second kappa shape index (κ2) is 7.57. The van der Waals surface area contributed by atoms with Crippen LogP contribution in [0.15, 0.2) is 44.9 Å². The third-order valence-corrected chi connectivity index (χ3v) is 6.66. The number of halogens is 1. The molecule has 0 saturated carbocycles. The first-order valence-corrected chi connectivity index (χ1v) is 10.8. The fraction of sp³-hybridized carbons (Fsp3) is 0.333. The summed E-state index contributed by atoms with van der Waals surface area (Å²) < 4.78 is 11.3. The smallest absolute Gasteiger partial charge is 0.290 e. The third-order valence-electron chi connectivity index (χ3n) is 5.50. The van der Waals surface area contributed by atoms with Crippen molar-refractivity contribution in [1.82, 2.24) is 9.80 Å². The molecule has 150 valence electrons. The van der Waals surface area contributed by atoms with E-state index in [-0.39, 0.29) is 17.1 Å². The standard InChI is InChI=1S/C21H19ClN2O4S/c22-13-3-4-15-14(12-13)19(25)17-18(16-2-1-11-29-16)24(21(26)20(17)28-15)6-5-23-7-9-27-10-8-23/h1-4,11-12,18H,5-10H2. The Hall–Kier alpha value is -2.19. The van der Waals surface area contributed by atoms with Gasteiger partial charge < -0.3 is 14.1 Å². The largest absolute Gasteiger partial charge is 0.450 e. The Bertz CT molecular complexity index is 1120. The molecule has 2 aliphatic heterocycles. The topological polar surface area (TPSA) is 63.0 Å². The minimum absolute atomic E-state index is 0.144. The molecule has 0 aliphatic carbocycles. The lowest BCUT2D eigenvalue weighted by atomic mass is 10.0. The predicted molar refractivity (Wildman–Crippen MR) is 112 cm³/mol. The van der Waals surface area contributed by atoms with Gasteiger partial charge in [-0.25, -0.2) is 0 Å². The molecule has 1 fully saturated rings. The van der Waals surface area contributed by atoms with Crippen LogP contribution in [0.2, 0.25) is 5.02 Å². The molecule has 5 rings (SSSR count). The van der Waals surface area contributed by atoms with E-state index in [0.29, 0.717) is 41.3 Å². The highest BCUT2D eigenvalue weighted by atomic mass is 35.5. The number of amides is 1. The van der Waals surface area contributed by atoms with Crippen LogP contribution in [0, 0.1) is 0 Å². The van der Waals surface area contributed by atoms with Gasteiger partial charge in [-0.3, -0.25) is 14.5 Å². The number of carbonyl (C=O) groups is 1. The van der Waals surface area contributed by atoms with E-state index in [2.05, 4.69) is 4.90 Å². The highest BCUT2D eigenvalue weighted by molar-refractivity contribution is 7.10. The molecule has 3 aromatic rings. The van der Waals surface area contributed by atoms with Crippen LogP contribution in [-0.4, -0.2) is 55.1 Å². The lowest BCUT2D eigenvalue weighted by Crippen LogP contribution is -2.42. The molecule has 0 spiro atoms. The van der Waals surface area contributed by atoms with Gasteiger partial charge in [0.2, 0.25) is 5.76 Å². The fourth-order valence-electron chi connectivity index (χ4n) is 4.04. The van der Waals surface area contributed by atoms with Crippen molar-refractivity contribution in [2.45, 2.75) is 6.04 Å². The number of nitrogens with zero attached hydrogens (tertiary/aromatic N) is 2. The number of benzene rings is 1. The molecule has 1 atom stereocenters. The summed E-state index contributed by atoms with van der Waals surface area (Å²) in [6.45, 7) is 4.34. The van der Waals surface area contributed by atoms with E-state index in [1.807, 2.05) is 17.5 Å². The molecule has 0 radical (unpaired) electrons. The first-order chi connectivity index (χ1) is 14.1. The third kappa shape index (κ3) is 3.28. The Morgan fingerprint density at radius 2 is 1.97 bits per heavy atom. The second-order valence-electron chi connectivity index (χ2n) is 7.18. The van der Waals surface area contributed by atoms with Gasteiger partial charge in [0.05, 0.1) is 30.2 Å². The zero-order valence-corrected chi connectivity index (χ0v) is 17.2. The number of rotatable bonds is 4. The summed E-state index contributed by atoms with van der Waals surface area (Å²) in [7, 11) is 0. The number of hydrogen-bond donors (Lipinski definition) is 0.